The van der Waals surface area contributed by atoms with Crippen molar-refractivity contribution in [3.63, 3.8) is 0 Å². The molecule has 108 valence electrons. The van der Waals surface area contributed by atoms with Crippen LogP contribution in [0.5, 0.6) is 0 Å². The molecule has 1 saturated carbocycles. The number of rotatable bonds is 4. The highest BCUT2D eigenvalue weighted by atomic mass is 15.3. The normalized spacial score (nSPS) is 31.3. The Balaban J connectivity index is 1.68. The van der Waals surface area contributed by atoms with Gasteiger partial charge in [0.25, 0.3) is 0 Å². The number of likely N-dealkylation sites (tertiary alicyclic amines) is 1. The number of piperidine rings is 1. The fourth-order valence-electron chi connectivity index (χ4n) is 4.73. The third-order valence-corrected chi connectivity index (χ3v) is 5.76. The first-order chi connectivity index (χ1) is 10.3. The van der Waals surface area contributed by atoms with Gasteiger partial charge in [0.1, 0.15) is 0 Å². The van der Waals surface area contributed by atoms with Crippen LogP contribution in [0.2, 0.25) is 0 Å². The fraction of sp³-hybridized carbons (Fsp3) is 0.421. The molecule has 1 aromatic heterocycles. The van der Waals surface area contributed by atoms with Crippen LogP contribution in [-0.2, 0) is 6.54 Å². The molecular weight excluding hydrogens is 256 g/mol. The average Bonchev–Trinajstić information content (AvgIpc) is 3.05. The molecular formula is C19H22N2. The molecule has 2 heterocycles. The summed E-state index contributed by atoms with van der Waals surface area (Å²) >= 11 is 0. The molecule has 2 unspecified atom stereocenters. The van der Waals surface area contributed by atoms with Crippen LogP contribution in [0.1, 0.15) is 25.3 Å². The number of para-hydroxylation sites is 1. The van der Waals surface area contributed by atoms with E-state index in [1.807, 2.05) is 6.20 Å². The lowest BCUT2D eigenvalue weighted by atomic mass is 10.1. The largest absolute Gasteiger partial charge is 0.292 e. The smallest absolute Gasteiger partial charge is 0.0705 e. The number of pyridine rings is 1. The van der Waals surface area contributed by atoms with Gasteiger partial charge in [-0.15, -0.1) is 6.58 Å². The zero-order valence-corrected chi connectivity index (χ0v) is 12.6. The van der Waals surface area contributed by atoms with E-state index in [9.17, 15) is 0 Å². The van der Waals surface area contributed by atoms with Crippen molar-refractivity contribution in [3.8, 4) is 0 Å². The van der Waals surface area contributed by atoms with Crippen molar-refractivity contribution < 1.29 is 0 Å². The molecule has 1 aromatic carbocycles. The molecule has 2 heteroatoms. The number of hydrogen-bond donors (Lipinski definition) is 0. The van der Waals surface area contributed by atoms with Crippen molar-refractivity contribution in [2.45, 2.75) is 31.8 Å². The first kappa shape index (κ1) is 13.0. The molecule has 1 aliphatic heterocycles. The van der Waals surface area contributed by atoms with E-state index >= 15 is 0 Å². The van der Waals surface area contributed by atoms with Gasteiger partial charge in [0.05, 0.1) is 5.52 Å². The standard InChI is InChI=1S/C19H22N2/c1-3-16-17-10-12-21(19(16,17)4-2)13-14-9-11-20-18-8-6-5-7-15(14)18/h3,5-9,11,16-17H,1,4,10,12-13H2,2H3/t16?,17?,19-/m0/s1. The summed E-state index contributed by atoms with van der Waals surface area (Å²) in [5.74, 6) is 1.54. The Morgan fingerprint density at radius 2 is 2.24 bits per heavy atom. The lowest BCUT2D eigenvalue weighted by molar-refractivity contribution is 0.184. The van der Waals surface area contributed by atoms with Crippen LogP contribution in [-0.4, -0.2) is 22.0 Å². The second-order valence-electron chi connectivity index (χ2n) is 6.41. The van der Waals surface area contributed by atoms with Gasteiger partial charge in [0.15, 0.2) is 0 Å². The predicted octanol–water partition coefficient (Wildman–Crippen LogP) is 4.02. The Morgan fingerprint density at radius 3 is 3.00 bits per heavy atom. The zero-order valence-electron chi connectivity index (χ0n) is 12.6. The molecule has 1 saturated heterocycles. The van der Waals surface area contributed by atoms with Crippen molar-refractivity contribution in [2.24, 2.45) is 11.8 Å². The molecule has 0 bridgehead atoms. The van der Waals surface area contributed by atoms with Gasteiger partial charge in [-0.3, -0.25) is 9.88 Å². The first-order valence-corrected chi connectivity index (χ1v) is 8.01. The number of nitrogens with zero attached hydrogens (tertiary/aromatic N) is 2. The molecule has 0 N–H and O–H groups in total. The Labute approximate surface area is 126 Å². The van der Waals surface area contributed by atoms with Crippen molar-refractivity contribution in [3.05, 3.63) is 54.7 Å². The summed E-state index contributed by atoms with van der Waals surface area (Å²) in [7, 11) is 0. The predicted molar refractivity (Wildman–Crippen MR) is 87.0 cm³/mol. The van der Waals surface area contributed by atoms with E-state index in [1.165, 1.54) is 30.3 Å². The average molecular weight is 278 g/mol. The summed E-state index contributed by atoms with van der Waals surface area (Å²) in [6, 6.07) is 10.7. The number of benzene rings is 1. The third kappa shape index (κ3) is 1.72. The van der Waals surface area contributed by atoms with Gasteiger partial charge in [-0.25, -0.2) is 0 Å². The summed E-state index contributed by atoms with van der Waals surface area (Å²) in [4.78, 5) is 7.18. The topological polar surface area (TPSA) is 16.1 Å². The maximum atomic E-state index is 4.48. The SMILES string of the molecule is C=CC1C2CCN(Cc3ccnc4ccccc34)[C@@]12CC. The second kappa shape index (κ2) is 4.67. The minimum absolute atomic E-state index is 0.395. The van der Waals surface area contributed by atoms with Crippen LogP contribution < -0.4 is 0 Å². The monoisotopic (exact) mass is 278 g/mol. The number of fused-ring (bicyclic) bond motifs is 2. The molecule has 0 spiro atoms. The Kier molecular flexibility index (Phi) is 2.90. The van der Waals surface area contributed by atoms with Crippen molar-refractivity contribution in [1.29, 1.82) is 0 Å². The van der Waals surface area contributed by atoms with Crippen molar-refractivity contribution in [2.75, 3.05) is 6.54 Å². The molecule has 21 heavy (non-hydrogen) atoms. The van der Waals surface area contributed by atoms with Gasteiger partial charge in [0.2, 0.25) is 0 Å². The number of hydrogen-bond acceptors (Lipinski definition) is 2. The summed E-state index contributed by atoms with van der Waals surface area (Å²) in [5, 5.41) is 1.30. The molecule has 0 radical (unpaired) electrons. The maximum Gasteiger partial charge on any atom is 0.0705 e. The quantitative estimate of drug-likeness (QED) is 0.785. The van der Waals surface area contributed by atoms with Crippen LogP contribution >= 0.6 is 0 Å². The lowest BCUT2D eigenvalue weighted by Gasteiger charge is -2.29. The van der Waals surface area contributed by atoms with Crippen LogP contribution in [0.4, 0.5) is 0 Å². The number of aromatic nitrogens is 1. The zero-order chi connectivity index (χ0) is 14.4. The second-order valence-corrected chi connectivity index (χ2v) is 6.41. The van der Waals surface area contributed by atoms with Crippen molar-refractivity contribution >= 4 is 10.9 Å². The Morgan fingerprint density at radius 1 is 1.38 bits per heavy atom. The molecule has 3 atom stereocenters. The Hall–Kier alpha value is -1.67. The summed E-state index contributed by atoms with van der Waals surface area (Å²) in [6.45, 7) is 8.65. The Bertz CT molecular complexity index is 688. The van der Waals surface area contributed by atoms with Crippen LogP contribution in [0.15, 0.2) is 49.2 Å². The minimum atomic E-state index is 0.395. The summed E-state index contributed by atoms with van der Waals surface area (Å²) < 4.78 is 0. The van der Waals surface area contributed by atoms with Crippen LogP contribution in [0.3, 0.4) is 0 Å². The van der Waals surface area contributed by atoms with Gasteiger partial charge in [-0.1, -0.05) is 31.2 Å². The van der Waals surface area contributed by atoms with E-state index < -0.39 is 0 Å². The van der Waals surface area contributed by atoms with E-state index in [1.54, 1.807) is 0 Å². The van der Waals surface area contributed by atoms with E-state index in [2.05, 4.69) is 59.8 Å². The van der Waals surface area contributed by atoms with E-state index in [0.29, 0.717) is 11.5 Å². The first-order valence-electron chi connectivity index (χ1n) is 8.01. The summed E-state index contributed by atoms with van der Waals surface area (Å²) in [5.41, 5.74) is 2.91. The van der Waals surface area contributed by atoms with Gasteiger partial charge < -0.3 is 0 Å². The van der Waals surface area contributed by atoms with Gasteiger partial charge >= 0.3 is 0 Å². The summed E-state index contributed by atoms with van der Waals surface area (Å²) in [6.07, 6.45) is 6.69. The van der Waals surface area contributed by atoms with Gasteiger partial charge in [-0.2, -0.15) is 0 Å². The van der Waals surface area contributed by atoms with Gasteiger partial charge in [0, 0.05) is 23.7 Å². The highest BCUT2D eigenvalue weighted by molar-refractivity contribution is 5.81. The fourth-order valence-corrected chi connectivity index (χ4v) is 4.73. The lowest BCUT2D eigenvalue weighted by Crippen LogP contribution is -2.35. The van der Waals surface area contributed by atoms with Crippen LogP contribution in [0.25, 0.3) is 10.9 Å². The minimum Gasteiger partial charge on any atom is -0.292 e. The highest BCUT2D eigenvalue weighted by Crippen LogP contribution is 2.63. The van der Waals surface area contributed by atoms with Gasteiger partial charge in [-0.05, 0) is 48.9 Å². The molecule has 0 amide bonds. The molecule has 4 rings (SSSR count). The van der Waals surface area contributed by atoms with E-state index in [4.69, 9.17) is 0 Å². The van der Waals surface area contributed by atoms with E-state index in [-0.39, 0.29) is 0 Å². The maximum absolute atomic E-state index is 4.48. The van der Waals surface area contributed by atoms with E-state index in [0.717, 1.165) is 18.0 Å². The molecule has 2 aromatic rings. The molecule has 2 nitrogen and oxygen atoms in total. The van der Waals surface area contributed by atoms with Crippen LogP contribution in [0, 0.1) is 11.8 Å². The molecule has 2 fully saturated rings. The molecule has 1 aliphatic carbocycles. The molecule has 2 aliphatic rings. The third-order valence-electron chi connectivity index (χ3n) is 5.76. The van der Waals surface area contributed by atoms with Crippen molar-refractivity contribution in [1.82, 2.24) is 9.88 Å². The highest BCUT2D eigenvalue weighted by Gasteiger charge is 2.67.